The third-order valence-corrected chi connectivity index (χ3v) is 8.13. The Morgan fingerprint density at radius 1 is 1.19 bits per heavy atom. The molecule has 0 unspecified atom stereocenters. The van der Waals surface area contributed by atoms with Crippen molar-refractivity contribution in [1.29, 1.82) is 0 Å². The van der Waals surface area contributed by atoms with Crippen molar-refractivity contribution in [3.05, 3.63) is 33.9 Å². The van der Waals surface area contributed by atoms with Crippen molar-refractivity contribution in [1.82, 2.24) is 24.9 Å². The topological polar surface area (TPSA) is 138 Å². The van der Waals surface area contributed by atoms with Crippen LogP contribution in [-0.4, -0.2) is 81.2 Å². The van der Waals surface area contributed by atoms with Crippen LogP contribution < -0.4 is 26.0 Å². The summed E-state index contributed by atoms with van der Waals surface area (Å²) in [6.07, 6.45) is 6.07. The first-order valence-electron chi connectivity index (χ1n) is 11.8. The molecule has 4 N–H and O–H groups in total. The smallest absolute Gasteiger partial charge is 0.252 e. The van der Waals surface area contributed by atoms with E-state index in [-0.39, 0.29) is 34.5 Å². The molecule has 0 radical (unpaired) electrons. The molecular weight excluding hydrogens is 541 g/mol. The van der Waals surface area contributed by atoms with Crippen LogP contribution in [-0.2, 0) is 10.0 Å². The van der Waals surface area contributed by atoms with E-state index < -0.39 is 10.0 Å². The predicted octanol–water partition coefficient (Wildman–Crippen LogP) is 3.10. The molecule has 0 spiro atoms. The summed E-state index contributed by atoms with van der Waals surface area (Å²) in [6, 6.07) is 2.72. The largest absolute Gasteiger partial charge is 0.495 e. The second-order valence-electron chi connectivity index (χ2n) is 8.79. The molecule has 1 heterocycles. The van der Waals surface area contributed by atoms with E-state index >= 15 is 0 Å². The lowest BCUT2D eigenvalue weighted by atomic mass is 9.90. The van der Waals surface area contributed by atoms with Crippen LogP contribution in [0.4, 0.5) is 17.5 Å². The van der Waals surface area contributed by atoms with Gasteiger partial charge in [0.05, 0.1) is 35.8 Å². The van der Waals surface area contributed by atoms with Crippen LogP contribution in [0.5, 0.6) is 5.75 Å². The fraction of sp³-hybridized carbons (Fsp3) is 0.522. The third-order valence-electron chi connectivity index (χ3n) is 6.23. The molecule has 3 rings (SSSR count). The van der Waals surface area contributed by atoms with Crippen molar-refractivity contribution >= 4 is 56.6 Å². The number of anilines is 3. The summed E-state index contributed by atoms with van der Waals surface area (Å²) in [7, 11) is 1.51. The van der Waals surface area contributed by atoms with Crippen molar-refractivity contribution in [2.24, 2.45) is 0 Å². The first kappa shape index (κ1) is 29.2. The van der Waals surface area contributed by atoms with Crippen molar-refractivity contribution in [3.63, 3.8) is 0 Å². The van der Waals surface area contributed by atoms with Crippen molar-refractivity contribution in [2.45, 2.75) is 37.8 Å². The number of sulfonamides is 1. The SMILES string of the molecule is CNCCNC(=O)c1cc(OC)c(Nc2ncc(Cl)c(N[C@@H]3CCCC[C@H]3N(C)S(C)(=O)=O)n2)cc1Cl. The quantitative estimate of drug-likeness (QED) is 0.299. The molecule has 1 fully saturated rings. The molecule has 1 amide bonds. The Balaban J connectivity index is 1.82. The van der Waals surface area contributed by atoms with Gasteiger partial charge in [-0.3, -0.25) is 4.79 Å². The number of hydrogen-bond acceptors (Lipinski definition) is 9. The highest BCUT2D eigenvalue weighted by Gasteiger charge is 2.33. The fourth-order valence-electron chi connectivity index (χ4n) is 4.18. The highest BCUT2D eigenvalue weighted by molar-refractivity contribution is 7.88. The van der Waals surface area contributed by atoms with Gasteiger partial charge in [0.25, 0.3) is 5.91 Å². The second kappa shape index (κ2) is 12.9. The number of likely N-dealkylation sites (N-methyl/N-ethyl adjacent to an activating group) is 2. The van der Waals surface area contributed by atoms with Crippen LogP contribution in [0.25, 0.3) is 0 Å². The normalized spacial score (nSPS) is 17.9. The van der Waals surface area contributed by atoms with E-state index in [1.165, 1.54) is 23.9 Å². The van der Waals surface area contributed by atoms with Crippen LogP contribution in [0.2, 0.25) is 10.0 Å². The zero-order valence-corrected chi connectivity index (χ0v) is 23.6. The summed E-state index contributed by atoms with van der Waals surface area (Å²) < 4.78 is 31.2. The maximum atomic E-state index is 12.5. The molecule has 1 aromatic carbocycles. The maximum absolute atomic E-state index is 12.5. The van der Waals surface area contributed by atoms with Gasteiger partial charge in [-0.1, -0.05) is 36.0 Å². The zero-order valence-electron chi connectivity index (χ0n) is 21.3. The van der Waals surface area contributed by atoms with E-state index in [1.807, 2.05) is 0 Å². The van der Waals surface area contributed by atoms with E-state index in [4.69, 9.17) is 27.9 Å². The van der Waals surface area contributed by atoms with Gasteiger partial charge in [-0.15, -0.1) is 0 Å². The monoisotopic (exact) mass is 573 g/mol. The lowest BCUT2D eigenvalue weighted by Gasteiger charge is -2.37. The summed E-state index contributed by atoms with van der Waals surface area (Å²) in [4.78, 5) is 21.3. The van der Waals surface area contributed by atoms with Crippen LogP contribution in [0.15, 0.2) is 18.3 Å². The molecule has 1 aliphatic carbocycles. The van der Waals surface area contributed by atoms with Gasteiger partial charge in [-0.25, -0.2) is 17.7 Å². The van der Waals surface area contributed by atoms with E-state index in [1.54, 1.807) is 26.2 Å². The summed E-state index contributed by atoms with van der Waals surface area (Å²) in [6.45, 7) is 1.07. The number of benzene rings is 1. The number of carbonyl (C=O) groups is 1. The Hall–Kier alpha value is -2.38. The molecule has 37 heavy (non-hydrogen) atoms. The molecule has 0 bridgehead atoms. The Morgan fingerprint density at radius 3 is 2.59 bits per heavy atom. The summed E-state index contributed by atoms with van der Waals surface area (Å²) >= 11 is 12.8. The first-order valence-corrected chi connectivity index (χ1v) is 14.4. The number of methoxy groups -OCH3 is 1. The second-order valence-corrected chi connectivity index (χ2v) is 11.6. The number of ether oxygens (including phenoxy) is 1. The molecule has 2 atom stereocenters. The Kier molecular flexibility index (Phi) is 10.2. The van der Waals surface area contributed by atoms with Gasteiger partial charge in [-0.2, -0.15) is 4.98 Å². The standard InChI is InChI=1S/C23H33Cl2N7O4S/c1-26-9-10-27-22(33)14-11-20(36-3)18(12-15(14)24)30-23-28-13-16(25)21(31-23)29-17-7-5-6-8-19(17)32(2)37(4,34)35/h11-13,17,19,26H,5-10H2,1-4H3,(H,27,33)(H2,28,29,30,31)/t17-,19-/m1/s1. The Morgan fingerprint density at radius 2 is 1.92 bits per heavy atom. The van der Waals surface area contributed by atoms with Crippen molar-refractivity contribution in [2.75, 3.05) is 51.2 Å². The number of carbonyl (C=O) groups excluding carboxylic acids is 1. The van der Waals surface area contributed by atoms with E-state index in [0.29, 0.717) is 35.4 Å². The van der Waals surface area contributed by atoms with Crippen LogP contribution >= 0.6 is 23.2 Å². The van der Waals surface area contributed by atoms with Gasteiger partial charge in [0.2, 0.25) is 16.0 Å². The minimum Gasteiger partial charge on any atom is -0.495 e. The average Bonchev–Trinajstić information content (AvgIpc) is 2.85. The van der Waals surface area contributed by atoms with Gasteiger partial charge < -0.3 is 26.0 Å². The minimum atomic E-state index is -3.36. The molecule has 14 heteroatoms. The van der Waals surface area contributed by atoms with Gasteiger partial charge in [-0.05, 0) is 32.0 Å². The number of aromatic nitrogens is 2. The lowest BCUT2D eigenvalue weighted by molar-refractivity contribution is 0.0954. The first-order chi connectivity index (χ1) is 17.5. The maximum Gasteiger partial charge on any atom is 0.252 e. The van der Waals surface area contributed by atoms with E-state index in [0.717, 1.165) is 25.7 Å². The Labute approximate surface area is 227 Å². The number of nitrogens with one attached hydrogen (secondary N) is 4. The van der Waals surface area contributed by atoms with E-state index in [2.05, 4.69) is 31.2 Å². The molecule has 0 saturated heterocycles. The summed E-state index contributed by atoms with van der Waals surface area (Å²) in [5, 5.41) is 12.7. The summed E-state index contributed by atoms with van der Waals surface area (Å²) in [5.74, 6) is 0.652. The number of amides is 1. The highest BCUT2D eigenvalue weighted by atomic mass is 35.5. The van der Waals surface area contributed by atoms with Crippen molar-refractivity contribution < 1.29 is 17.9 Å². The number of nitrogens with zero attached hydrogens (tertiary/aromatic N) is 3. The molecule has 1 aromatic heterocycles. The van der Waals surface area contributed by atoms with Crippen LogP contribution in [0.1, 0.15) is 36.0 Å². The number of rotatable bonds is 11. The fourth-order valence-corrected chi connectivity index (χ4v) is 5.31. The molecule has 204 valence electrons. The molecule has 1 aliphatic rings. The highest BCUT2D eigenvalue weighted by Crippen LogP contribution is 2.34. The summed E-state index contributed by atoms with van der Waals surface area (Å²) in [5.41, 5.74) is 0.734. The zero-order chi connectivity index (χ0) is 27.2. The van der Waals surface area contributed by atoms with Gasteiger partial charge in [0.1, 0.15) is 10.8 Å². The third kappa shape index (κ3) is 7.57. The molecule has 11 nitrogen and oxygen atoms in total. The van der Waals surface area contributed by atoms with E-state index in [9.17, 15) is 13.2 Å². The minimum absolute atomic E-state index is 0.168. The lowest BCUT2D eigenvalue weighted by Crippen LogP contribution is -2.49. The van der Waals surface area contributed by atoms with Crippen molar-refractivity contribution in [3.8, 4) is 5.75 Å². The molecular formula is C23H33Cl2N7O4S. The van der Waals surface area contributed by atoms with Gasteiger partial charge in [0.15, 0.2) is 5.82 Å². The van der Waals surface area contributed by atoms with Gasteiger partial charge >= 0.3 is 0 Å². The molecule has 1 saturated carbocycles. The molecule has 2 aromatic rings. The number of hydrogen-bond donors (Lipinski definition) is 4. The Bertz CT molecular complexity index is 1220. The average molecular weight is 575 g/mol. The van der Waals surface area contributed by atoms with Crippen LogP contribution in [0, 0.1) is 0 Å². The van der Waals surface area contributed by atoms with Gasteiger partial charge in [0, 0.05) is 32.2 Å². The predicted molar refractivity (Wildman–Crippen MR) is 147 cm³/mol. The molecule has 0 aliphatic heterocycles. The number of halogens is 2. The van der Waals surface area contributed by atoms with Crippen LogP contribution in [0.3, 0.4) is 0 Å².